The van der Waals surface area contributed by atoms with Crippen LogP contribution in [0.3, 0.4) is 0 Å². The Morgan fingerprint density at radius 3 is 3.00 bits per heavy atom. The second-order valence-electron chi connectivity index (χ2n) is 6.41. The highest BCUT2D eigenvalue weighted by molar-refractivity contribution is 5.17. The molecule has 0 aliphatic carbocycles. The molecule has 2 saturated heterocycles. The number of hydrogen-bond donors (Lipinski definition) is 0. The SMILES string of the molecule is CCN(CC)CCN1C[C@H](Oc2cccnc2)[C@@H]2OCCC[C@@H]21. The molecule has 5 heteroatoms. The molecule has 5 nitrogen and oxygen atoms in total. The molecule has 23 heavy (non-hydrogen) atoms. The second-order valence-corrected chi connectivity index (χ2v) is 6.41. The first-order chi connectivity index (χ1) is 11.3. The lowest BCUT2D eigenvalue weighted by molar-refractivity contribution is -0.0469. The van der Waals surface area contributed by atoms with Crippen LogP contribution in [0.1, 0.15) is 26.7 Å². The first-order valence-corrected chi connectivity index (χ1v) is 8.96. The number of likely N-dealkylation sites (tertiary alicyclic amines) is 1. The summed E-state index contributed by atoms with van der Waals surface area (Å²) in [5.41, 5.74) is 0. The van der Waals surface area contributed by atoms with Gasteiger partial charge in [0.2, 0.25) is 0 Å². The highest BCUT2D eigenvalue weighted by Crippen LogP contribution is 2.31. The summed E-state index contributed by atoms with van der Waals surface area (Å²) in [4.78, 5) is 9.20. The third-order valence-electron chi connectivity index (χ3n) is 5.10. The van der Waals surface area contributed by atoms with Gasteiger partial charge in [-0.25, -0.2) is 0 Å². The molecule has 0 bridgehead atoms. The Hall–Kier alpha value is -1.17. The van der Waals surface area contributed by atoms with Crippen molar-refractivity contribution in [2.45, 2.75) is 44.9 Å². The lowest BCUT2D eigenvalue weighted by Gasteiger charge is -2.33. The molecule has 2 aliphatic rings. The Morgan fingerprint density at radius 1 is 1.39 bits per heavy atom. The molecular formula is C18H29N3O2. The summed E-state index contributed by atoms with van der Waals surface area (Å²) in [7, 11) is 0. The molecule has 3 rings (SSSR count). The number of nitrogens with zero attached hydrogens (tertiary/aromatic N) is 3. The number of fused-ring (bicyclic) bond motifs is 1. The summed E-state index contributed by atoms with van der Waals surface area (Å²) < 4.78 is 12.3. The summed E-state index contributed by atoms with van der Waals surface area (Å²) in [5.74, 6) is 0.844. The monoisotopic (exact) mass is 319 g/mol. The van der Waals surface area contributed by atoms with Gasteiger partial charge in [-0.05, 0) is 38.1 Å². The van der Waals surface area contributed by atoms with Crippen molar-refractivity contribution in [3.05, 3.63) is 24.5 Å². The summed E-state index contributed by atoms with van der Waals surface area (Å²) in [6.07, 6.45) is 6.24. The zero-order valence-electron chi connectivity index (χ0n) is 14.4. The molecule has 0 spiro atoms. The molecule has 0 amide bonds. The zero-order valence-corrected chi connectivity index (χ0v) is 14.4. The Morgan fingerprint density at radius 2 is 2.26 bits per heavy atom. The molecule has 3 atom stereocenters. The van der Waals surface area contributed by atoms with Crippen LogP contribution < -0.4 is 4.74 Å². The van der Waals surface area contributed by atoms with Crippen molar-refractivity contribution >= 4 is 0 Å². The Labute approximate surface area is 139 Å². The molecule has 0 radical (unpaired) electrons. The molecule has 1 aromatic rings. The summed E-state index contributed by atoms with van der Waals surface area (Å²) in [6.45, 7) is 10.7. The van der Waals surface area contributed by atoms with Crippen LogP contribution in [-0.2, 0) is 4.74 Å². The molecule has 0 N–H and O–H groups in total. The highest BCUT2D eigenvalue weighted by atomic mass is 16.5. The van der Waals surface area contributed by atoms with Crippen molar-refractivity contribution < 1.29 is 9.47 Å². The van der Waals surface area contributed by atoms with Crippen LogP contribution in [0.15, 0.2) is 24.5 Å². The summed E-state index contributed by atoms with van der Waals surface area (Å²) in [6, 6.07) is 4.39. The van der Waals surface area contributed by atoms with Gasteiger partial charge in [0, 0.05) is 38.5 Å². The van der Waals surface area contributed by atoms with Crippen molar-refractivity contribution in [1.82, 2.24) is 14.8 Å². The number of ether oxygens (including phenoxy) is 2. The van der Waals surface area contributed by atoms with Gasteiger partial charge in [0.15, 0.2) is 0 Å². The molecule has 0 aromatic carbocycles. The summed E-state index contributed by atoms with van der Waals surface area (Å²) in [5, 5.41) is 0. The Balaban J connectivity index is 1.62. The normalized spacial score (nSPS) is 28.0. The Bertz CT molecular complexity index is 467. The van der Waals surface area contributed by atoms with Crippen LogP contribution >= 0.6 is 0 Å². The van der Waals surface area contributed by atoms with Crippen molar-refractivity contribution in [2.24, 2.45) is 0 Å². The minimum Gasteiger partial charge on any atom is -0.485 e. The minimum atomic E-state index is 0.112. The molecule has 2 fully saturated rings. The maximum atomic E-state index is 6.19. The lowest BCUT2D eigenvalue weighted by Crippen LogP contribution is -2.44. The standard InChI is InChI=1S/C18H29N3O2/c1-3-20(4-2)10-11-21-14-17(18-16(21)8-6-12-22-18)23-15-7-5-9-19-13-15/h5,7,9,13,16-18H,3-4,6,8,10-12,14H2,1-2H3/t16-,17-,18+/m0/s1. The van der Waals surface area contributed by atoms with Gasteiger partial charge in [0.1, 0.15) is 18.0 Å². The predicted molar refractivity (Wildman–Crippen MR) is 90.8 cm³/mol. The van der Waals surface area contributed by atoms with E-state index in [9.17, 15) is 0 Å². The first-order valence-electron chi connectivity index (χ1n) is 8.96. The number of rotatable bonds is 7. The van der Waals surface area contributed by atoms with Crippen LogP contribution in [0, 0.1) is 0 Å². The summed E-state index contributed by atoms with van der Waals surface area (Å²) >= 11 is 0. The second kappa shape index (κ2) is 8.08. The van der Waals surface area contributed by atoms with Crippen molar-refractivity contribution in [2.75, 3.05) is 39.3 Å². The number of aromatic nitrogens is 1. The van der Waals surface area contributed by atoms with Crippen molar-refractivity contribution in [3.8, 4) is 5.75 Å². The molecule has 1 aromatic heterocycles. The van der Waals surface area contributed by atoms with Crippen LogP contribution in [-0.4, -0.2) is 72.4 Å². The van der Waals surface area contributed by atoms with Crippen LogP contribution in [0.2, 0.25) is 0 Å². The predicted octanol–water partition coefficient (Wildman–Crippen LogP) is 2.03. The molecule has 2 aliphatic heterocycles. The first kappa shape index (κ1) is 16.7. The van der Waals surface area contributed by atoms with E-state index >= 15 is 0 Å². The van der Waals surface area contributed by atoms with E-state index in [4.69, 9.17) is 9.47 Å². The fourth-order valence-electron chi connectivity index (χ4n) is 3.77. The van der Waals surface area contributed by atoms with E-state index in [1.54, 1.807) is 12.4 Å². The largest absolute Gasteiger partial charge is 0.485 e. The van der Waals surface area contributed by atoms with Crippen molar-refractivity contribution in [1.29, 1.82) is 0 Å². The maximum absolute atomic E-state index is 6.19. The third-order valence-corrected chi connectivity index (χ3v) is 5.10. The van der Waals surface area contributed by atoms with Crippen LogP contribution in [0.25, 0.3) is 0 Å². The minimum absolute atomic E-state index is 0.112. The van der Waals surface area contributed by atoms with E-state index in [0.717, 1.165) is 51.5 Å². The average molecular weight is 319 g/mol. The van der Waals surface area contributed by atoms with Crippen LogP contribution in [0.5, 0.6) is 5.75 Å². The van der Waals surface area contributed by atoms with Gasteiger partial charge >= 0.3 is 0 Å². The number of likely N-dealkylation sites (N-methyl/N-ethyl adjacent to an activating group) is 1. The molecule has 0 unspecified atom stereocenters. The smallest absolute Gasteiger partial charge is 0.139 e. The van der Waals surface area contributed by atoms with Gasteiger partial charge in [0.25, 0.3) is 0 Å². The van der Waals surface area contributed by atoms with Gasteiger partial charge in [-0.2, -0.15) is 0 Å². The van der Waals surface area contributed by atoms with Gasteiger partial charge in [0.05, 0.1) is 6.20 Å². The van der Waals surface area contributed by atoms with E-state index in [1.807, 2.05) is 12.1 Å². The van der Waals surface area contributed by atoms with Gasteiger partial charge in [-0.3, -0.25) is 9.88 Å². The van der Waals surface area contributed by atoms with E-state index in [0.29, 0.717) is 6.04 Å². The van der Waals surface area contributed by atoms with E-state index < -0.39 is 0 Å². The number of hydrogen-bond acceptors (Lipinski definition) is 5. The van der Waals surface area contributed by atoms with E-state index in [-0.39, 0.29) is 12.2 Å². The average Bonchev–Trinajstić information content (AvgIpc) is 2.95. The van der Waals surface area contributed by atoms with E-state index in [2.05, 4.69) is 28.6 Å². The third kappa shape index (κ3) is 4.03. The fourth-order valence-corrected chi connectivity index (χ4v) is 3.77. The quantitative estimate of drug-likeness (QED) is 0.769. The molecular weight excluding hydrogens is 290 g/mol. The topological polar surface area (TPSA) is 37.8 Å². The van der Waals surface area contributed by atoms with Gasteiger partial charge in [-0.15, -0.1) is 0 Å². The highest BCUT2D eigenvalue weighted by Gasteiger charge is 2.45. The van der Waals surface area contributed by atoms with Crippen molar-refractivity contribution in [3.63, 3.8) is 0 Å². The molecule has 3 heterocycles. The molecule has 0 saturated carbocycles. The van der Waals surface area contributed by atoms with E-state index in [1.165, 1.54) is 6.42 Å². The maximum Gasteiger partial charge on any atom is 0.139 e. The number of pyridine rings is 1. The zero-order chi connectivity index (χ0) is 16.1. The Kier molecular flexibility index (Phi) is 5.86. The lowest BCUT2D eigenvalue weighted by atomic mass is 10.0. The van der Waals surface area contributed by atoms with Gasteiger partial charge in [-0.1, -0.05) is 13.8 Å². The van der Waals surface area contributed by atoms with Gasteiger partial charge < -0.3 is 14.4 Å². The molecule has 128 valence electrons. The van der Waals surface area contributed by atoms with Crippen LogP contribution in [0.4, 0.5) is 0 Å². The fraction of sp³-hybridized carbons (Fsp3) is 0.722.